The summed E-state index contributed by atoms with van der Waals surface area (Å²) in [4.78, 5) is 9.46. The number of hydrogen-bond donors (Lipinski definition) is 1. The van der Waals surface area contributed by atoms with E-state index in [1.165, 1.54) is 37.9 Å². The number of rotatable bonds is 3. The first-order valence-electron chi connectivity index (χ1n) is 8.44. The Morgan fingerprint density at radius 1 is 1.33 bits per heavy atom. The molecule has 0 radical (unpaired) electrons. The Labute approximate surface area is 126 Å². The topological polar surface area (TPSA) is 42.7 Å². The lowest BCUT2D eigenvalue weighted by Gasteiger charge is -2.24. The number of pyridine rings is 1. The van der Waals surface area contributed by atoms with Crippen LogP contribution >= 0.6 is 0 Å². The maximum atomic E-state index is 4.91. The van der Waals surface area contributed by atoms with Crippen LogP contribution < -0.4 is 5.32 Å². The van der Waals surface area contributed by atoms with E-state index in [1.54, 1.807) is 0 Å². The second-order valence-corrected chi connectivity index (χ2v) is 6.57. The Morgan fingerprint density at radius 3 is 3.10 bits per heavy atom. The third-order valence-corrected chi connectivity index (χ3v) is 5.15. The minimum Gasteiger partial charge on any atom is -0.311 e. The van der Waals surface area contributed by atoms with Crippen molar-refractivity contribution >= 4 is 11.2 Å². The minimum absolute atomic E-state index is 0.416. The van der Waals surface area contributed by atoms with Gasteiger partial charge in [-0.15, -0.1) is 0 Å². The molecule has 2 aliphatic rings. The van der Waals surface area contributed by atoms with Crippen LogP contribution in [-0.4, -0.2) is 20.6 Å². The van der Waals surface area contributed by atoms with Crippen LogP contribution in [-0.2, 0) is 6.54 Å². The molecule has 4 nitrogen and oxygen atoms in total. The van der Waals surface area contributed by atoms with E-state index in [0.717, 1.165) is 30.0 Å². The summed E-state index contributed by atoms with van der Waals surface area (Å²) < 4.78 is 2.34. The molecule has 0 aromatic carbocycles. The molecule has 1 saturated carbocycles. The van der Waals surface area contributed by atoms with Crippen LogP contribution in [0.15, 0.2) is 18.3 Å². The first-order valence-corrected chi connectivity index (χ1v) is 8.44. The molecule has 0 amide bonds. The van der Waals surface area contributed by atoms with E-state index in [-0.39, 0.29) is 0 Å². The van der Waals surface area contributed by atoms with Gasteiger partial charge in [-0.05, 0) is 43.7 Å². The fourth-order valence-electron chi connectivity index (χ4n) is 4.20. The highest BCUT2D eigenvalue weighted by molar-refractivity contribution is 5.71. The molecule has 1 aliphatic carbocycles. The Balaban J connectivity index is 1.71. The van der Waals surface area contributed by atoms with Gasteiger partial charge in [0.2, 0.25) is 0 Å². The highest BCUT2D eigenvalue weighted by Crippen LogP contribution is 2.39. The van der Waals surface area contributed by atoms with Crippen molar-refractivity contribution in [2.45, 2.75) is 64.1 Å². The molecule has 1 aliphatic heterocycles. The number of nitrogens with zero attached hydrogens (tertiary/aromatic N) is 3. The van der Waals surface area contributed by atoms with Crippen LogP contribution in [0.5, 0.6) is 0 Å². The highest BCUT2D eigenvalue weighted by Gasteiger charge is 2.37. The SMILES string of the molecule is CCCn1c(C2CC3CCCCC3N2)nc2cccnc21. The van der Waals surface area contributed by atoms with Gasteiger partial charge in [-0.25, -0.2) is 9.97 Å². The average Bonchev–Trinajstić information content (AvgIpc) is 3.09. The first kappa shape index (κ1) is 13.3. The van der Waals surface area contributed by atoms with Gasteiger partial charge in [-0.3, -0.25) is 0 Å². The van der Waals surface area contributed by atoms with Crippen molar-refractivity contribution in [3.63, 3.8) is 0 Å². The summed E-state index contributed by atoms with van der Waals surface area (Å²) in [5.74, 6) is 2.06. The molecule has 3 atom stereocenters. The van der Waals surface area contributed by atoms with Crippen molar-refractivity contribution in [3.05, 3.63) is 24.2 Å². The summed E-state index contributed by atoms with van der Waals surface area (Å²) in [6, 6.07) is 5.20. The molecule has 4 rings (SSSR count). The van der Waals surface area contributed by atoms with Gasteiger partial charge < -0.3 is 9.88 Å². The van der Waals surface area contributed by atoms with Crippen molar-refractivity contribution in [1.82, 2.24) is 19.9 Å². The molecule has 0 bridgehead atoms. The average molecular weight is 284 g/mol. The van der Waals surface area contributed by atoms with E-state index in [2.05, 4.69) is 27.9 Å². The molecule has 2 aromatic heterocycles. The molecule has 1 N–H and O–H groups in total. The van der Waals surface area contributed by atoms with Crippen LogP contribution in [0, 0.1) is 5.92 Å². The second kappa shape index (κ2) is 5.41. The van der Waals surface area contributed by atoms with Gasteiger partial charge in [0, 0.05) is 18.8 Å². The highest BCUT2D eigenvalue weighted by atomic mass is 15.2. The molecule has 3 heterocycles. The first-order chi connectivity index (χ1) is 10.4. The summed E-state index contributed by atoms with van der Waals surface area (Å²) >= 11 is 0. The molecule has 112 valence electrons. The third-order valence-electron chi connectivity index (χ3n) is 5.15. The fraction of sp³-hybridized carbons (Fsp3) is 0.647. The van der Waals surface area contributed by atoms with E-state index < -0.39 is 0 Å². The van der Waals surface area contributed by atoms with Crippen molar-refractivity contribution in [2.24, 2.45) is 5.92 Å². The zero-order valence-electron chi connectivity index (χ0n) is 12.8. The van der Waals surface area contributed by atoms with E-state index in [4.69, 9.17) is 4.98 Å². The van der Waals surface area contributed by atoms with E-state index >= 15 is 0 Å². The molecular weight excluding hydrogens is 260 g/mol. The van der Waals surface area contributed by atoms with Crippen molar-refractivity contribution < 1.29 is 0 Å². The summed E-state index contributed by atoms with van der Waals surface area (Å²) in [6.45, 7) is 3.23. The molecule has 2 aromatic rings. The Bertz CT molecular complexity index is 619. The maximum Gasteiger partial charge on any atom is 0.160 e. The van der Waals surface area contributed by atoms with Crippen molar-refractivity contribution in [1.29, 1.82) is 0 Å². The van der Waals surface area contributed by atoms with E-state index in [9.17, 15) is 0 Å². The van der Waals surface area contributed by atoms with Crippen LogP contribution in [0.1, 0.15) is 57.3 Å². The molecular formula is C17H24N4. The lowest BCUT2D eigenvalue weighted by Crippen LogP contribution is -2.31. The Morgan fingerprint density at radius 2 is 2.24 bits per heavy atom. The summed E-state index contributed by atoms with van der Waals surface area (Å²) in [7, 11) is 0. The number of nitrogens with one attached hydrogen (secondary N) is 1. The molecule has 21 heavy (non-hydrogen) atoms. The van der Waals surface area contributed by atoms with Gasteiger partial charge in [-0.2, -0.15) is 0 Å². The van der Waals surface area contributed by atoms with Gasteiger partial charge in [0.15, 0.2) is 5.65 Å². The number of hydrogen-bond acceptors (Lipinski definition) is 3. The minimum atomic E-state index is 0.416. The monoisotopic (exact) mass is 284 g/mol. The summed E-state index contributed by atoms with van der Waals surface area (Å²) in [5.41, 5.74) is 2.09. The van der Waals surface area contributed by atoms with Crippen LogP contribution in [0.3, 0.4) is 0 Å². The van der Waals surface area contributed by atoms with Gasteiger partial charge in [0.05, 0.1) is 6.04 Å². The Kier molecular flexibility index (Phi) is 3.42. The largest absolute Gasteiger partial charge is 0.311 e. The van der Waals surface area contributed by atoms with Crippen molar-refractivity contribution in [3.8, 4) is 0 Å². The van der Waals surface area contributed by atoms with Gasteiger partial charge >= 0.3 is 0 Å². The van der Waals surface area contributed by atoms with Crippen LogP contribution in [0.4, 0.5) is 0 Å². The number of aromatic nitrogens is 3. The quantitative estimate of drug-likeness (QED) is 0.939. The molecule has 3 unspecified atom stereocenters. The number of imidazole rings is 1. The summed E-state index contributed by atoms with van der Waals surface area (Å²) in [5, 5.41) is 3.86. The lowest BCUT2D eigenvalue weighted by molar-refractivity contribution is 0.325. The smallest absolute Gasteiger partial charge is 0.160 e. The number of fused-ring (bicyclic) bond motifs is 2. The predicted molar refractivity (Wildman–Crippen MR) is 84.1 cm³/mol. The van der Waals surface area contributed by atoms with E-state index in [1.807, 2.05) is 12.3 Å². The predicted octanol–water partition coefficient (Wildman–Crippen LogP) is 3.43. The Hall–Kier alpha value is -1.42. The van der Waals surface area contributed by atoms with Gasteiger partial charge in [0.25, 0.3) is 0 Å². The van der Waals surface area contributed by atoms with E-state index in [0.29, 0.717) is 12.1 Å². The van der Waals surface area contributed by atoms with Gasteiger partial charge in [0.1, 0.15) is 11.3 Å². The van der Waals surface area contributed by atoms with Crippen molar-refractivity contribution in [2.75, 3.05) is 0 Å². The molecule has 0 spiro atoms. The van der Waals surface area contributed by atoms with Crippen LogP contribution in [0.2, 0.25) is 0 Å². The zero-order valence-corrected chi connectivity index (χ0v) is 12.8. The third kappa shape index (κ3) is 2.26. The lowest BCUT2D eigenvalue weighted by atomic mass is 9.85. The number of aryl methyl sites for hydroxylation is 1. The summed E-state index contributed by atoms with van der Waals surface area (Å²) in [6.07, 6.45) is 9.76. The normalized spacial score (nSPS) is 28.9. The van der Waals surface area contributed by atoms with Gasteiger partial charge in [-0.1, -0.05) is 19.8 Å². The standard InChI is InChI=1S/C17H24N4/c1-2-10-21-16-14(8-5-9-18-16)20-17(21)15-11-12-6-3-4-7-13(12)19-15/h5,8-9,12-13,15,19H,2-4,6-7,10-11H2,1H3. The van der Waals surface area contributed by atoms with Crippen LogP contribution in [0.25, 0.3) is 11.2 Å². The molecule has 4 heteroatoms. The molecule has 1 saturated heterocycles. The maximum absolute atomic E-state index is 4.91. The second-order valence-electron chi connectivity index (χ2n) is 6.57. The molecule has 2 fully saturated rings. The zero-order chi connectivity index (χ0) is 14.2. The fourth-order valence-corrected chi connectivity index (χ4v) is 4.20.